The van der Waals surface area contributed by atoms with Crippen molar-refractivity contribution in [3.05, 3.63) is 52.9 Å². The molecule has 3 rings (SSSR count). The van der Waals surface area contributed by atoms with E-state index in [2.05, 4.69) is 15.0 Å². The van der Waals surface area contributed by atoms with Gasteiger partial charge in [-0.3, -0.25) is 4.98 Å². The molecule has 0 bridgehead atoms. The molecule has 1 aromatic carbocycles. The van der Waals surface area contributed by atoms with Gasteiger partial charge in [0.15, 0.2) is 5.76 Å². The van der Waals surface area contributed by atoms with Crippen LogP contribution in [0.3, 0.4) is 0 Å². The van der Waals surface area contributed by atoms with Crippen LogP contribution >= 0.6 is 0 Å². The van der Waals surface area contributed by atoms with Crippen LogP contribution < -0.4 is 5.76 Å². The molecule has 19 heavy (non-hydrogen) atoms. The molecular formula is C14H13N3O2. The van der Waals surface area contributed by atoms with Gasteiger partial charge >= 0.3 is 5.76 Å². The minimum absolute atomic E-state index is 0.415. The van der Waals surface area contributed by atoms with Crippen LogP contribution in [-0.2, 0) is 6.42 Å². The van der Waals surface area contributed by atoms with Crippen molar-refractivity contribution in [2.24, 2.45) is 0 Å². The number of rotatable bonds is 3. The lowest BCUT2D eigenvalue weighted by Crippen LogP contribution is -1.95. The molecule has 5 nitrogen and oxygen atoms in total. The average Bonchev–Trinajstić information content (AvgIpc) is 3.08. The maximum atomic E-state index is 11.3. The zero-order valence-corrected chi connectivity index (χ0v) is 10.4. The first kappa shape index (κ1) is 11.5. The summed E-state index contributed by atoms with van der Waals surface area (Å²) < 4.78 is 5.19. The lowest BCUT2D eigenvalue weighted by molar-refractivity contribution is 0.528. The smallest absolute Gasteiger partial charge is 0.408 e. The first-order valence-corrected chi connectivity index (χ1v) is 6.10. The van der Waals surface area contributed by atoms with E-state index in [1.54, 1.807) is 12.4 Å². The molecule has 3 aromatic rings. The van der Waals surface area contributed by atoms with Crippen molar-refractivity contribution in [1.82, 2.24) is 15.0 Å². The van der Waals surface area contributed by atoms with E-state index in [4.69, 9.17) is 4.42 Å². The molecule has 96 valence electrons. The second-order valence-corrected chi connectivity index (χ2v) is 4.19. The van der Waals surface area contributed by atoms with Gasteiger partial charge in [-0.2, -0.15) is 0 Å². The number of benzene rings is 1. The molecule has 0 unspecified atom stereocenters. The summed E-state index contributed by atoms with van der Waals surface area (Å²) in [5.41, 5.74) is 2.69. The summed E-state index contributed by atoms with van der Waals surface area (Å²) in [6.45, 7) is 1.97. The van der Waals surface area contributed by atoms with Crippen LogP contribution in [0.5, 0.6) is 0 Å². The molecule has 0 spiro atoms. The molecule has 0 aliphatic heterocycles. The number of nitrogens with one attached hydrogen (secondary N) is 2. The molecule has 0 amide bonds. The molecule has 0 saturated carbocycles. The highest BCUT2D eigenvalue weighted by Crippen LogP contribution is 2.24. The number of oxazole rings is 1. The summed E-state index contributed by atoms with van der Waals surface area (Å²) in [6, 6.07) is 7.73. The van der Waals surface area contributed by atoms with Crippen molar-refractivity contribution >= 4 is 0 Å². The van der Waals surface area contributed by atoms with E-state index in [0.29, 0.717) is 5.76 Å². The SMILES string of the molecule is CCc1[nH]c(=O)oc1-c1ccc(-c2ncc[nH]2)cc1. The Labute approximate surface area is 109 Å². The maximum Gasteiger partial charge on any atom is 0.417 e. The highest BCUT2D eigenvalue weighted by Gasteiger charge is 2.11. The van der Waals surface area contributed by atoms with Gasteiger partial charge < -0.3 is 9.40 Å². The third-order valence-electron chi connectivity index (χ3n) is 2.99. The van der Waals surface area contributed by atoms with Gasteiger partial charge in [0, 0.05) is 23.5 Å². The first-order valence-electron chi connectivity index (χ1n) is 6.10. The zero-order chi connectivity index (χ0) is 13.2. The second kappa shape index (κ2) is 4.61. The molecule has 0 fully saturated rings. The average molecular weight is 255 g/mol. The third-order valence-corrected chi connectivity index (χ3v) is 2.99. The largest absolute Gasteiger partial charge is 0.417 e. The summed E-state index contributed by atoms with van der Waals surface area (Å²) in [6.07, 6.45) is 4.22. The van der Waals surface area contributed by atoms with Crippen LogP contribution in [0.1, 0.15) is 12.6 Å². The van der Waals surface area contributed by atoms with Crippen LogP contribution in [-0.4, -0.2) is 15.0 Å². The zero-order valence-electron chi connectivity index (χ0n) is 10.4. The number of nitrogens with zero attached hydrogens (tertiary/aromatic N) is 1. The quantitative estimate of drug-likeness (QED) is 0.755. The molecule has 2 N–H and O–H groups in total. The van der Waals surface area contributed by atoms with Crippen LogP contribution in [0.15, 0.2) is 45.9 Å². The van der Waals surface area contributed by atoms with Crippen molar-refractivity contribution in [3.8, 4) is 22.7 Å². The number of aromatic nitrogens is 3. The molecule has 5 heteroatoms. The molecule has 0 atom stereocenters. The van der Waals surface area contributed by atoms with Gasteiger partial charge in [-0.25, -0.2) is 9.78 Å². The molecular weight excluding hydrogens is 242 g/mol. The van der Waals surface area contributed by atoms with Crippen molar-refractivity contribution in [2.45, 2.75) is 13.3 Å². The fraction of sp³-hybridized carbons (Fsp3) is 0.143. The summed E-state index contributed by atoms with van der Waals surface area (Å²) >= 11 is 0. The van der Waals surface area contributed by atoms with Crippen molar-refractivity contribution in [3.63, 3.8) is 0 Å². The van der Waals surface area contributed by atoms with Gasteiger partial charge in [0.2, 0.25) is 0 Å². The van der Waals surface area contributed by atoms with Crippen LogP contribution in [0.25, 0.3) is 22.7 Å². The van der Waals surface area contributed by atoms with E-state index >= 15 is 0 Å². The number of H-pyrrole nitrogens is 2. The van der Waals surface area contributed by atoms with E-state index in [1.165, 1.54) is 0 Å². The highest BCUT2D eigenvalue weighted by molar-refractivity contribution is 5.65. The minimum Gasteiger partial charge on any atom is -0.408 e. The number of imidazole rings is 1. The summed E-state index contributed by atoms with van der Waals surface area (Å²) in [4.78, 5) is 21.2. The summed E-state index contributed by atoms with van der Waals surface area (Å²) in [5, 5.41) is 0. The Bertz CT molecular complexity index is 721. The maximum absolute atomic E-state index is 11.3. The van der Waals surface area contributed by atoms with Gasteiger partial charge in [-0.1, -0.05) is 31.2 Å². The Morgan fingerprint density at radius 3 is 2.58 bits per heavy atom. The van der Waals surface area contributed by atoms with Crippen LogP contribution in [0.2, 0.25) is 0 Å². The Kier molecular flexibility index (Phi) is 2.79. The topological polar surface area (TPSA) is 74.7 Å². The number of hydrogen-bond acceptors (Lipinski definition) is 3. The summed E-state index contributed by atoms with van der Waals surface area (Å²) in [7, 11) is 0. The third kappa shape index (κ3) is 2.10. The number of hydrogen-bond donors (Lipinski definition) is 2. The molecule has 0 aliphatic carbocycles. The predicted octanol–water partition coefficient (Wildman–Crippen LogP) is 2.59. The fourth-order valence-corrected chi connectivity index (χ4v) is 2.04. The van der Waals surface area contributed by atoms with E-state index in [9.17, 15) is 4.79 Å². The van der Waals surface area contributed by atoms with Crippen molar-refractivity contribution in [2.75, 3.05) is 0 Å². The lowest BCUT2D eigenvalue weighted by Gasteiger charge is -2.01. The van der Waals surface area contributed by atoms with Crippen molar-refractivity contribution in [1.29, 1.82) is 0 Å². The summed E-state index contributed by atoms with van der Waals surface area (Å²) in [5.74, 6) is 1.01. The Hall–Kier alpha value is -2.56. The molecule has 0 radical (unpaired) electrons. The van der Waals surface area contributed by atoms with Crippen LogP contribution in [0.4, 0.5) is 0 Å². The molecule has 2 heterocycles. The Morgan fingerprint density at radius 1 is 1.21 bits per heavy atom. The molecule has 0 saturated heterocycles. The van der Waals surface area contributed by atoms with Gasteiger partial charge in [0.1, 0.15) is 5.82 Å². The van der Waals surface area contributed by atoms with Gasteiger partial charge in [-0.15, -0.1) is 0 Å². The molecule has 0 aliphatic rings. The lowest BCUT2D eigenvalue weighted by atomic mass is 10.1. The van der Waals surface area contributed by atoms with Gasteiger partial charge in [0.25, 0.3) is 0 Å². The van der Waals surface area contributed by atoms with Gasteiger partial charge in [0.05, 0.1) is 5.69 Å². The number of aryl methyl sites for hydroxylation is 1. The minimum atomic E-state index is -0.415. The van der Waals surface area contributed by atoms with E-state index in [-0.39, 0.29) is 0 Å². The predicted molar refractivity (Wildman–Crippen MR) is 71.7 cm³/mol. The van der Waals surface area contributed by atoms with E-state index in [0.717, 1.165) is 29.1 Å². The first-order chi connectivity index (χ1) is 9.28. The molecule has 2 aromatic heterocycles. The van der Waals surface area contributed by atoms with Crippen molar-refractivity contribution < 1.29 is 4.42 Å². The van der Waals surface area contributed by atoms with Crippen LogP contribution in [0, 0.1) is 0 Å². The van der Waals surface area contributed by atoms with E-state index < -0.39 is 5.76 Å². The Morgan fingerprint density at radius 2 is 1.95 bits per heavy atom. The second-order valence-electron chi connectivity index (χ2n) is 4.19. The number of aromatic amines is 2. The van der Waals surface area contributed by atoms with Gasteiger partial charge in [-0.05, 0) is 6.42 Å². The monoisotopic (exact) mass is 255 g/mol. The highest BCUT2D eigenvalue weighted by atomic mass is 16.4. The van der Waals surface area contributed by atoms with E-state index in [1.807, 2.05) is 31.2 Å². The fourth-order valence-electron chi connectivity index (χ4n) is 2.04. The standard InChI is InChI=1S/C14H13N3O2/c1-2-11-12(19-14(18)17-11)9-3-5-10(6-4-9)13-15-7-8-16-13/h3-8H,2H2,1H3,(H,15,16)(H,17,18). The Balaban J connectivity index is 2.00. The normalized spacial score (nSPS) is 10.8.